The minimum atomic E-state index is -3.97. The third-order valence-electron chi connectivity index (χ3n) is 7.74. The van der Waals surface area contributed by atoms with Gasteiger partial charge in [0.2, 0.25) is 5.91 Å². The largest absolute Gasteiger partial charge is 0.355 e. The van der Waals surface area contributed by atoms with E-state index in [0.717, 1.165) is 28.8 Å². The first-order chi connectivity index (χ1) is 20.8. The van der Waals surface area contributed by atoms with Gasteiger partial charge in [0.25, 0.3) is 0 Å². The van der Waals surface area contributed by atoms with Crippen molar-refractivity contribution in [2.24, 2.45) is 0 Å². The summed E-state index contributed by atoms with van der Waals surface area (Å²) in [5, 5.41) is -0.852. The minimum absolute atomic E-state index is 0.00842. The lowest BCUT2D eigenvalue weighted by Gasteiger charge is -2.40. The number of para-hydroxylation sites is 1. The Morgan fingerprint density at radius 3 is 2.32 bits per heavy atom. The molecule has 5 rings (SSSR count). The van der Waals surface area contributed by atoms with Gasteiger partial charge in [-0.05, 0) is 63.6 Å². The molecule has 0 spiro atoms. The summed E-state index contributed by atoms with van der Waals surface area (Å²) in [5.74, 6) is -3.47. The van der Waals surface area contributed by atoms with Crippen molar-refractivity contribution >= 4 is 32.6 Å². The van der Waals surface area contributed by atoms with Gasteiger partial charge >= 0.3 is 5.69 Å². The summed E-state index contributed by atoms with van der Waals surface area (Å²) >= 11 is 0. The van der Waals surface area contributed by atoms with Crippen LogP contribution >= 0.6 is 0 Å². The molecule has 13 heteroatoms. The van der Waals surface area contributed by atoms with Crippen LogP contribution in [0.4, 0.5) is 19.0 Å². The van der Waals surface area contributed by atoms with Gasteiger partial charge in [-0.2, -0.15) is 4.98 Å². The number of carbonyl (C=O) groups excluding carboxylic acids is 1. The summed E-state index contributed by atoms with van der Waals surface area (Å²) in [5.41, 5.74) is -2.30. The smallest absolute Gasteiger partial charge is 0.350 e. The molecule has 1 saturated heterocycles. The number of anilines is 1. The summed E-state index contributed by atoms with van der Waals surface area (Å²) in [6.07, 6.45) is 1.20. The number of amides is 1. The number of pyridine rings is 1. The van der Waals surface area contributed by atoms with Crippen molar-refractivity contribution in [1.29, 1.82) is 0 Å². The first kappa shape index (κ1) is 30.9. The zero-order valence-corrected chi connectivity index (χ0v) is 25.3. The number of fused-ring (bicyclic) bond motifs is 1. The topological polar surface area (TPSA) is 105 Å². The molecule has 9 nitrogen and oxygen atoms in total. The Morgan fingerprint density at radius 2 is 1.70 bits per heavy atom. The molecule has 1 aliphatic rings. The Bertz CT molecular complexity index is 1970. The van der Waals surface area contributed by atoms with Crippen molar-refractivity contribution < 1.29 is 26.4 Å². The number of aryl methyl sites for hydroxylation is 1. The molecule has 44 heavy (non-hydrogen) atoms. The summed E-state index contributed by atoms with van der Waals surface area (Å²) in [6.45, 7) is 10.6. The molecule has 2 aromatic heterocycles. The number of rotatable bonds is 6. The van der Waals surface area contributed by atoms with Crippen molar-refractivity contribution in [2.75, 3.05) is 24.5 Å². The second-order valence-corrected chi connectivity index (χ2v) is 13.4. The standard InChI is InChI=1S/C31H30F3N5O4S/c1-6-25(40)37-13-14-38(19(5)16-37)29-20-15-23(34)27(26-21(32)10-8-11-22(26)33)35-30(20)39(31(41)36-29)28-18(4)9-7-12-24(28)44(42,43)17(2)3/h6-12,15,17,19H,1,13-14,16H2,2-5H3/t19-/m0/s1. The summed E-state index contributed by atoms with van der Waals surface area (Å²) in [4.78, 5) is 37.9. The van der Waals surface area contributed by atoms with Crippen LogP contribution in [0.1, 0.15) is 26.3 Å². The third-order valence-corrected chi connectivity index (χ3v) is 9.92. The Balaban J connectivity index is 1.87. The van der Waals surface area contributed by atoms with E-state index in [9.17, 15) is 26.8 Å². The van der Waals surface area contributed by atoms with Crippen LogP contribution in [0.3, 0.4) is 0 Å². The van der Waals surface area contributed by atoms with Crippen LogP contribution in [0.2, 0.25) is 0 Å². The van der Waals surface area contributed by atoms with Crippen LogP contribution in [-0.4, -0.2) is 64.7 Å². The van der Waals surface area contributed by atoms with Crippen LogP contribution in [0.15, 0.2) is 64.8 Å². The molecule has 1 aliphatic heterocycles. The van der Waals surface area contributed by atoms with Gasteiger partial charge in [-0.25, -0.2) is 35.9 Å². The summed E-state index contributed by atoms with van der Waals surface area (Å²) in [6, 6.07) is 8.11. The Kier molecular flexibility index (Phi) is 8.10. The quantitative estimate of drug-likeness (QED) is 0.289. The monoisotopic (exact) mass is 625 g/mol. The van der Waals surface area contributed by atoms with Gasteiger partial charge in [-0.1, -0.05) is 24.8 Å². The number of nitrogens with zero attached hydrogens (tertiary/aromatic N) is 5. The third kappa shape index (κ3) is 5.14. The Morgan fingerprint density at radius 1 is 1.05 bits per heavy atom. The van der Waals surface area contributed by atoms with E-state index in [0.29, 0.717) is 5.56 Å². The highest BCUT2D eigenvalue weighted by atomic mass is 32.2. The lowest BCUT2D eigenvalue weighted by Crippen LogP contribution is -2.54. The average Bonchev–Trinajstić information content (AvgIpc) is 2.97. The number of carbonyl (C=O) groups is 1. The van der Waals surface area contributed by atoms with E-state index < -0.39 is 49.5 Å². The fraction of sp³-hybridized carbons (Fsp3) is 0.290. The van der Waals surface area contributed by atoms with Gasteiger partial charge in [-0.15, -0.1) is 0 Å². The van der Waals surface area contributed by atoms with Crippen molar-refractivity contribution in [3.8, 4) is 16.9 Å². The van der Waals surface area contributed by atoms with Gasteiger partial charge < -0.3 is 9.80 Å². The normalized spacial score (nSPS) is 15.7. The zero-order chi connectivity index (χ0) is 32.1. The van der Waals surface area contributed by atoms with E-state index in [1.807, 2.05) is 0 Å². The SMILES string of the molecule is C=CC(=O)N1CCN(c2nc(=O)n(-c3c(C)cccc3S(=O)(=O)C(C)C)c3nc(-c4c(F)cccc4F)c(F)cc23)[C@@H](C)C1. The molecule has 0 radical (unpaired) electrons. The van der Waals surface area contributed by atoms with Crippen molar-refractivity contribution in [3.05, 3.63) is 88.6 Å². The molecule has 0 bridgehead atoms. The molecule has 0 saturated carbocycles. The minimum Gasteiger partial charge on any atom is -0.350 e. The lowest BCUT2D eigenvalue weighted by molar-refractivity contribution is -0.126. The first-order valence-corrected chi connectivity index (χ1v) is 15.4. The van der Waals surface area contributed by atoms with E-state index in [1.165, 1.54) is 32.1 Å². The average molecular weight is 626 g/mol. The number of hydrogen-bond acceptors (Lipinski definition) is 7. The van der Waals surface area contributed by atoms with Crippen LogP contribution < -0.4 is 10.6 Å². The van der Waals surface area contributed by atoms with E-state index in [4.69, 9.17) is 0 Å². The number of halogens is 3. The molecule has 0 unspecified atom stereocenters. The zero-order valence-electron chi connectivity index (χ0n) is 24.5. The van der Waals surface area contributed by atoms with Crippen LogP contribution in [0.5, 0.6) is 0 Å². The maximum absolute atomic E-state index is 15.8. The highest BCUT2D eigenvalue weighted by Crippen LogP contribution is 2.35. The van der Waals surface area contributed by atoms with E-state index in [-0.39, 0.29) is 59.0 Å². The predicted octanol–water partition coefficient (Wildman–Crippen LogP) is 4.58. The Hall–Kier alpha value is -4.52. The number of aromatic nitrogens is 3. The Labute approximate surface area is 252 Å². The van der Waals surface area contributed by atoms with Gasteiger partial charge in [0.05, 0.1) is 26.8 Å². The van der Waals surface area contributed by atoms with E-state index >= 15 is 4.39 Å². The second-order valence-electron chi connectivity index (χ2n) is 10.9. The van der Waals surface area contributed by atoms with E-state index in [2.05, 4.69) is 16.5 Å². The van der Waals surface area contributed by atoms with Crippen LogP contribution in [0.25, 0.3) is 28.0 Å². The molecular formula is C31H30F3N5O4S. The molecule has 0 aliphatic carbocycles. The second kappa shape index (κ2) is 11.5. The number of benzene rings is 2. The maximum atomic E-state index is 15.8. The summed E-state index contributed by atoms with van der Waals surface area (Å²) in [7, 11) is -3.97. The predicted molar refractivity (Wildman–Crippen MR) is 161 cm³/mol. The van der Waals surface area contributed by atoms with Crippen LogP contribution in [0, 0.1) is 24.4 Å². The summed E-state index contributed by atoms with van der Waals surface area (Å²) < 4.78 is 73.5. The van der Waals surface area contributed by atoms with Crippen LogP contribution in [-0.2, 0) is 14.6 Å². The molecule has 2 aromatic carbocycles. The molecular weight excluding hydrogens is 595 g/mol. The molecule has 1 fully saturated rings. The van der Waals surface area contributed by atoms with Gasteiger partial charge in [0, 0.05) is 25.7 Å². The number of piperazine rings is 1. The van der Waals surface area contributed by atoms with Crippen molar-refractivity contribution in [3.63, 3.8) is 0 Å². The number of sulfone groups is 1. The molecule has 4 aromatic rings. The fourth-order valence-corrected chi connectivity index (χ4v) is 6.73. The highest BCUT2D eigenvalue weighted by molar-refractivity contribution is 7.92. The molecule has 1 atom stereocenters. The molecule has 0 N–H and O–H groups in total. The fourth-order valence-electron chi connectivity index (χ4n) is 5.43. The van der Waals surface area contributed by atoms with Gasteiger partial charge in [-0.3, -0.25) is 4.79 Å². The van der Waals surface area contributed by atoms with E-state index in [1.54, 1.807) is 29.7 Å². The van der Waals surface area contributed by atoms with Crippen molar-refractivity contribution in [1.82, 2.24) is 19.4 Å². The molecule has 1 amide bonds. The molecule has 230 valence electrons. The van der Waals surface area contributed by atoms with Crippen molar-refractivity contribution in [2.45, 2.75) is 43.9 Å². The highest BCUT2D eigenvalue weighted by Gasteiger charge is 2.32. The van der Waals surface area contributed by atoms with Gasteiger partial charge in [0.1, 0.15) is 23.1 Å². The van der Waals surface area contributed by atoms with Gasteiger partial charge in [0.15, 0.2) is 21.3 Å². The lowest BCUT2D eigenvalue weighted by atomic mass is 10.1. The number of hydrogen-bond donors (Lipinski definition) is 0. The molecule has 3 heterocycles. The first-order valence-electron chi connectivity index (χ1n) is 13.9. The maximum Gasteiger partial charge on any atom is 0.355 e.